The summed E-state index contributed by atoms with van der Waals surface area (Å²) >= 11 is 0. The van der Waals surface area contributed by atoms with E-state index in [9.17, 15) is 15.3 Å². The number of aromatic nitrogens is 1. The Balaban J connectivity index is 1.84. The average molecular weight is 450 g/mol. The van der Waals surface area contributed by atoms with E-state index in [0.717, 1.165) is 34.5 Å². The second-order valence-electron chi connectivity index (χ2n) is 8.96. The van der Waals surface area contributed by atoms with Gasteiger partial charge in [-0.3, -0.25) is 20.1 Å². The average Bonchev–Trinajstić information content (AvgIpc) is 2.85. The lowest BCUT2D eigenvalue weighted by Gasteiger charge is -2.42. The molecule has 5 nitrogen and oxygen atoms in total. The molecule has 0 saturated heterocycles. The summed E-state index contributed by atoms with van der Waals surface area (Å²) in [7, 11) is 0. The minimum Gasteiger partial charge on any atom is -0.507 e. The van der Waals surface area contributed by atoms with Crippen LogP contribution in [0.15, 0.2) is 89.9 Å². The molecule has 3 aromatic rings. The number of hydrogen-bond donors (Lipinski definition) is 2. The highest BCUT2D eigenvalue weighted by Gasteiger charge is 2.43. The number of para-hydroxylation sites is 1. The van der Waals surface area contributed by atoms with Crippen molar-refractivity contribution in [3.05, 3.63) is 112 Å². The van der Waals surface area contributed by atoms with Crippen LogP contribution in [0.4, 0.5) is 5.69 Å². The molecular formula is C29H27N3O2. The van der Waals surface area contributed by atoms with Crippen LogP contribution in [-0.4, -0.2) is 21.7 Å². The first kappa shape index (κ1) is 21.8. The van der Waals surface area contributed by atoms with Crippen LogP contribution in [0, 0.1) is 19.3 Å². The quantitative estimate of drug-likeness (QED) is 0.463. The monoisotopic (exact) mass is 449 g/mol. The second-order valence-corrected chi connectivity index (χ2v) is 8.96. The molecule has 0 saturated carbocycles. The maximum Gasteiger partial charge on any atom is 0.161 e. The van der Waals surface area contributed by atoms with E-state index in [0.29, 0.717) is 29.6 Å². The number of aryl methyl sites for hydroxylation is 2. The van der Waals surface area contributed by atoms with Crippen molar-refractivity contribution < 1.29 is 9.90 Å². The van der Waals surface area contributed by atoms with E-state index < -0.39 is 5.92 Å². The predicted octanol–water partition coefficient (Wildman–Crippen LogP) is 6.26. The number of nitrogens with zero attached hydrogens (tertiary/aromatic N) is 2. The normalized spacial score (nSPS) is 19.8. The van der Waals surface area contributed by atoms with Gasteiger partial charge in [0.25, 0.3) is 0 Å². The fraction of sp³-hybridized carbons (Fsp3) is 0.207. The van der Waals surface area contributed by atoms with Crippen LogP contribution in [-0.2, 0) is 4.79 Å². The molecule has 1 aliphatic carbocycles. The number of nitrogens with one attached hydrogen (secondary N) is 1. The van der Waals surface area contributed by atoms with E-state index in [1.165, 1.54) is 0 Å². The summed E-state index contributed by atoms with van der Waals surface area (Å²) < 4.78 is 0. The third kappa shape index (κ3) is 3.63. The third-order valence-electron chi connectivity index (χ3n) is 6.71. The highest BCUT2D eigenvalue weighted by Crippen LogP contribution is 2.48. The molecule has 0 fully saturated rings. The summed E-state index contributed by atoms with van der Waals surface area (Å²) in [6.07, 6.45) is 5.33. The molecule has 1 aromatic heterocycles. The highest BCUT2D eigenvalue weighted by atomic mass is 16.3. The molecule has 34 heavy (non-hydrogen) atoms. The Bertz CT molecular complexity index is 1340. The number of aliphatic hydroxyl groups excluding tert-OH is 1. The molecule has 170 valence electrons. The number of hydrogen-bond acceptors (Lipinski definition) is 4. The smallest absolute Gasteiger partial charge is 0.161 e. The van der Waals surface area contributed by atoms with Gasteiger partial charge in [-0.2, -0.15) is 0 Å². The zero-order chi connectivity index (χ0) is 23.8. The zero-order valence-corrected chi connectivity index (χ0v) is 19.4. The van der Waals surface area contributed by atoms with Crippen LogP contribution in [0.3, 0.4) is 0 Å². The lowest BCUT2D eigenvalue weighted by Crippen LogP contribution is -2.42. The van der Waals surface area contributed by atoms with Crippen molar-refractivity contribution in [1.82, 2.24) is 4.98 Å². The van der Waals surface area contributed by atoms with Crippen molar-refractivity contribution in [2.75, 3.05) is 4.90 Å². The lowest BCUT2D eigenvalue weighted by molar-refractivity contribution is -0.116. The van der Waals surface area contributed by atoms with Crippen molar-refractivity contribution in [2.45, 2.75) is 39.0 Å². The van der Waals surface area contributed by atoms with Gasteiger partial charge in [-0.1, -0.05) is 54.1 Å². The summed E-state index contributed by atoms with van der Waals surface area (Å²) in [6, 6.07) is 19.2. The predicted molar refractivity (Wildman–Crippen MR) is 135 cm³/mol. The van der Waals surface area contributed by atoms with E-state index in [4.69, 9.17) is 0 Å². The van der Waals surface area contributed by atoms with E-state index in [-0.39, 0.29) is 17.4 Å². The first-order valence-electron chi connectivity index (χ1n) is 11.6. The molecule has 2 N–H and O–H groups in total. The second kappa shape index (κ2) is 8.75. The lowest BCUT2D eigenvalue weighted by atomic mass is 9.73. The fourth-order valence-corrected chi connectivity index (χ4v) is 5.02. The van der Waals surface area contributed by atoms with Crippen LogP contribution in [0.2, 0.25) is 0 Å². The number of pyridine rings is 1. The van der Waals surface area contributed by atoms with Gasteiger partial charge >= 0.3 is 0 Å². The van der Waals surface area contributed by atoms with Gasteiger partial charge in [0.05, 0.1) is 5.69 Å². The summed E-state index contributed by atoms with van der Waals surface area (Å²) in [5.41, 5.74) is 6.30. The standard InChI is InChI=1S/C29H27N3O2/c1-18-12-14-20(15-13-18)28(34)27-25(21-8-6-16-31-17-21)26-23(10-5-11-24(26)33)32(29(27)30)22-9-4-3-7-19(22)2/h3-4,6-9,12-17,25,30,34H,5,10-11H2,1-2H3/b28-27+,30-29?. The van der Waals surface area contributed by atoms with Gasteiger partial charge in [0, 0.05) is 47.1 Å². The molecule has 0 radical (unpaired) electrons. The molecule has 1 unspecified atom stereocenters. The largest absolute Gasteiger partial charge is 0.507 e. The highest BCUT2D eigenvalue weighted by molar-refractivity contribution is 6.19. The molecule has 0 amide bonds. The Labute approximate surface area is 199 Å². The Morgan fingerprint density at radius 3 is 2.50 bits per heavy atom. The molecule has 2 aromatic carbocycles. The van der Waals surface area contributed by atoms with Gasteiger partial charge in [0.1, 0.15) is 11.6 Å². The topological polar surface area (TPSA) is 77.3 Å². The number of rotatable bonds is 3. The minimum atomic E-state index is -0.550. The molecule has 5 heteroatoms. The van der Waals surface area contributed by atoms with Crippen LogP contribution in [0.25, 0.3) is 5.76 Å². The van der Waals surface area contributed by atoms with E-state index in [1.54, 1.807) is 12.4 Å². The Morgan fingerprint density at radius 2 is 1.79 bits per heavy atom. The van der Waals surface area contributed by atoms with E-state index >= 15 is 0 Å². The van der Waals surface area contributed by atoms with Crippen molar-refractivity contribution in [3.8, 4) is 0 Å². The van der Waals surface area contributed by atoms with Gasteiger partial charge in [-0.05, 0) is 49.9 Å². The summed E-state index contributed by atoms with van der Waals surface area (Å²) in [6.45, 7) is 4.00. The van der Waals surface area contributed by atoms with Gasteiger partial charge in [-0.15, -0.1) is 0 Å². The third-order valence-corrected chi connectivity index (χ3v) is 6.71. The number of Topliss-reactive ketones (excluding diaryl/α,β-unsaturated/α-hetero) is 1. The zero-order valence-electron chi connectivity index (χ0n) is 19.4. The maximum absolute atomic E-state index is 13.5. The number of carbonyl (C=O) groups is 1. The first-order chi connectivity index (χ1) is 16.5. The molecular weight excluding hydrogens is 422 g/mol. The van der Waals surface area contributed by atoms with Crippen LogP contribution in [0.5, 0.6) is 0 Å². The number of benzene rings is 2. The van der Waals surface area contributed by atoms with Gasteiger partial charge in [-0.25, -0.2) is 0 Å². The van der Waals surface area contributed by atoms with Crippen LogP contribution < -0.4 is 4.90 Å². The molecule has 5 rings (SSSR count). The molecule has 0 spiro atoms. The number of ketones is 1. The number of aliphatic hydroxyl groups is 1. The molecule has 0 bridgehead atoms. The summed E-state index contributed by atoms with van der Waals surface area (Å²) in [4.78, 5) is 19.6. The number of carbonyl (C=O) groups excluding carboxylic acids is 1. The van der Waals surface area contributed by atoms with Crippen molar-refractivity contribution in [1.29, 1.82) is 5.41 Å². The number of allylic oxidation sites excluding steroid dienone is 2. The van der Waals surface area contributed by atoms with Crippen LogP contribution >= 0.6 is 0 Å². The van der Waals surface area contributed by atoms with Gasteiger partial charge < -0.3 is 5.11 Å². The summed E-state index contributed by atoms with van der Waals surface area (Å²) in [5, 5.41) is 21.0. The van der Waals surface area contributed by atoms with E-state index in [2.05, 4.69) is 4.98 Å². The maximum atomic E-state index is 13.5. The Kier molecular flexibility index (Phi) is 5.62. The summed E-state index contributed by atoms with van der Waals surface area (Å²) in [5.74, 6) is -0.280. The van der Waals surface area contributed by atoms with Crippen molar-refractivity contribution in [3.63, 3.8) is 0 Å². The molecule has 1 atom stereocenters. The number of anilines is 1. The molecule has 2 heterocycles. The van der Waals surface area contributed by atoms with Gasteiger partial charge in [0.15, 0.2) is 5.78 Å². The Hall–Kier alpha value is -3.99. The number of amidine groups is 1. The SMILES string of the molecule is Cc1ccc(/C(O)=C2\C(=N)N(c3ccccc3C)C3=C(C(=O)CCC3)C2c2cccnc2)cc1. The van der Waals surface area contributed by atoms with E-state index in [1.807, 2.05) is 79.4 Å². The minimum absolute atomic E-state index is 0.0161. The molecule has 1 aliphatic heterocycles. The molecule has 2 aliphatic rings. The fourth-order valence-electron chi connectivity index (χ4n) is 5.02. The van der Waals surface area contributed by atoms with Crippen LogP contribution in [0.1, 0.15) is 47.4 Å². The van der Waals surface area contributed by atoms with Gasteiger partial charge in [0.2, 0.25) is 0 Å². The van der Waals surface area contributed by atoms with Crippen molar-refractivity contribution >= 4 is 23.1 Å². The first-order valence-corrected chi connectivity index (χ1v) is 11.6. The Morgan fingerprint density at radius 1 is 1.03 bits per heavy atom. The van der Waals surface area contributed by atoms with Crippen molar-refractivity contribution in [2.24, 2.45) is 0 Å².